The molecule has 28 heavy (non-hydrogen) atoms. The quantitative estimate of drug-likeness (QED) is 0.632. The molecule has 0 amide bonds. The van der Waals surface area contributed by atoms with Crippen LogP contribution in [0.15, 0.2) is 49.1 Å². The number of hydrogen-bond donors (Lipinski definition) is 2. The summed E-state index contributed by atoms with van der Waals surface area (Å²) in [6.45, 7) is 0.918. The first-order valence-corrected chi connectivity index (χ1v) is 8.76. The highest BCUT2D eigenvalue weighted by atomic mass is 79.9. The van der Waals surface area contributed by atoms with Crippen LogP contribution in [0.4, 0.5) is 13.2 Å². The van der Waals surface area contributed by atoms with Crippen molar-refractivity contribution in [2.24, 2.45) is 0 Å². The van der Waals surface area contributed by atoms with Gasteiger partial charge >= 0.3 is 6.18 Å². The first-order valence-electron chi connectivity index (χ1n) is 7.97. The molecule has 0 fully saturated rings. The molecule has 10 heteroatoms. The molecule has 0 spiro atoms. The summed E-state index contributed by atoms with van der Waals surface area (Å²) >= 11 is 3.31. The average molecular weight is 456 g/mol. The fourth-order valence-electron chi connectivity index (χ4n) is 2.44. The maximum Gasteiger partial charge on any atom is 0.398 e. The van der Waals surface area contributed by atoms with Gasteiger partial charge in [0.05, 0.1) is 0 Å². The molecule has 0 saturated heterocycles. The largest absolute Gasteiger partial charge is 0.447 e. The molecule has 1 atom stereocenters. The number of H-pyrrole nitrogens is 2. The predicted octanol–water partition coefficient (Wildman–Crippen LogP) is 2.14. The van der Waals surface area contributed by atoms with E-state index in [9.17, 15) is 22.8 Å². The van der Waals surface area contributed by atoms with Crippen molar-refractivity contribution < 1.29 is 17.6 Å². The summed E-state index contributed by atoms with van der Waals surface area (Å²) in [4.78, 5) is 33.1. The lowest BCUT2D eigenvalue weighted by Gasteiger charge is -2.12. The zero-order valence-electron chi connectivity index (χ0n) is 14.3. The Morgan fingerprint density at radius 1 is 1.14 bits per heavy atom. The Hall–Kier alpha value is -2.88. The lowest BCUT2D eigenvalue weighted by molar-refractivity contribution is -0.149. The summed E-state index contributed by atoms with van der Waals surface area (Å²) in [6, 6.07) is 7.05. The van der Waals surface area contributed by atoms with Gasteiger partial charge in [0.2, 0.25) is 0 Å². The van der Waals surface area contributed by atoms with Crippen LogP contribution in [0.3, 0.4) is 0 Å². The van der Waals surface area contributed by atoms with Crippen LogP contribution in [0.25, 0.3) is 12.2 Å². The molecular weight excluding hydrogens is 443 g/mol. The maximum absolute atomic E-state index is 12.9. The minimum atomic E-state index is -4.54. The minimum absolute atomic E-state index is 0.00397. The predicted molar refractivity (Wildman–Crippen MR) is 99.2 cm³/mol. The molecule has 146 valence electrons. The van der Waals surface area contributed by atoms with Crippen molar-refractivity contribution in [3.8, 4) is 0 Å². The van der Waals surface area contributed by atoms with E-state index in [1.807, 2.05) is 0 Å². The summed E-state index contributed by atoms with van der Waals surface area (Å²) in [5, 5.41) is -0.231. The van der Waals surface area contributed by atoms with Gasteiger partial charge < -0.3 is 14.4 Å². The molecule has 0 bridgehead atoms. The van der Waals surface area contributed by atoms with E-state index in [1.54, 1.807) is 24.3 Å². The second-order valence-electron chi connectivity index (χ2n) is 5.94. The molecule has 0 aliphatic rings. The van der Waals surface area contributed by atoms with Crippen LogP contribution in [0, 0.1) is 0 Å². The number of benzene rings is 1. The van der Waals surface area contributed by atoms with Crippen molar-refractivity contribution in [2.45, 2.75) is 19.0 Å². The topological polar surface area (TPSA) is 91.8 Å². The van der Waals surface area contributed by atoms with Crippen molar-refractivity contribution >= 4 is 28.1 Å². The lowest BCUT2D eigenvalue weighted by Crippen LogP contribution is -2.46. The second-order valence-corrected chi connectivity index (χ2v) is 6.86. The van der Waals surface area contributed by atoms with Gasteiger partial charge in [0.1, 0.15) is 28.1 Å². The standard InChI is InChI=1S/C18H13BrF3N3O3/c1-9(18(20,21)22)15-12(23-8-28-15)7-14-17(27)24-13(16(26)25-14)6-10-3-2-4-11(19)5-10/h2-9H,1H3,(H,24,27)(H,25,26)/b13-6-,14-7-. The van der Waals surface area contributed by atoms with Gasteiger partial charge in [-0.05, 0) is 36.8 Å². The molecule has 1 unspecified atom stereocenters. The van der Waals surface area contributed by atoms with Crippen LogP contribution in [-0.4, -0.2) is 21.1 Å². The molecule has 2 N–H and O–H groups in total. The minimum Gasteiger partial charge on any atom is -0.447 e. The Balaban J connectivity index is 2.10. The number of aromatic amines is 2. The van der Waals surface area contributed by atoms with Crippen LogP contribution < -0.4 is 21.8 Å². The third-order valence-electron chi connectivity index (χ3n) is 3.93. The Morgan fingerprint density at radius 2 is 1.79 bits per heavy atom. The van der Waals surface area contributed by atoms with E-state index in [1.165, 1.54) is 6.08 Å². The molecule has 0 radical (unpaired) electrons. The van der Waals surface area contributed by atoms with Gasteiger partial charge in [0.15, 0.2) is 6.39 Å². The summed E-state index contributed by atoms with van der Waals surface area (Å²) < 4.78 is 44.4. The number of aromatic nitrogens is 3. The first kappa shape index (κ1) is 19.9. The van der Waals surface area contributed by atoms with E-state index in [2.05, 4.69) is 30.9 Å². The Labute approximate surface area is 163 Å². The van der Waals surface area contributed by atoms with Gasteiger partial charge in [-0.25, -0.2) is 4.98 Å². The monoisotopic (exact) mass is 455 g/mol. The van der Waals surface area contributed by atoms with Gasteiger partial charge in [0.25, 0.3) is 11.1 Å². The highest BCUT2D eigenvalue weighted by molar-refractivity contribution is 9.10. The van der Waals surface area contributed by atoms with Crippen molar-refractivity contribution in [2.75, 3.05) is 0 Å². The first-order chi connectivity index (χ1) is 13.1. The lowest BCUT2D eigenvalue weighted by atomic mass is 10.1. The number of nitrogens with one attached hydrogen (secondary N) is 2. The molecule has 2 heterocycles. The molecule has 0 aliphatic carbocycles. The summed E-state index contributed by atoms with van der Waals surface area (Å²) in [6.07, 6.45) is -1.16. The number of nitrogens with zero attached hydrogens (tertiary/aromatic N) is 1. The van der Waals surface area contributed by atoms with E-state index in [-0.39, 0.29) is 16.4 Å². The summed E-state index contributed by atoms with van der Waals surface area (Å²) in [5.74, 6) is -2.37. The number of halogens is 4. The Morgan fingerprint density at radius 3 is 2.39 bits per heavy atom. The third-order valence-corrected chi connectivity index (χ3v) is 4.43. The fraction of sp³-hybridized carbons (Fsp3) is 0.167. The molecule has 6 nitrogen and oxygen atoms in total. The van der Waals surface area contributed by atoms with Crippen LogP contribution in [0.2, 0.25) is 0 Å². The molecule has 0 saturated carbocycles. The van der Waals surface area contributed by atoms with Gasteiger partial charge in [0, 0.05) is 4.47 Å². The molecule has 3 aromatic rings. The van der Waals surface area contributed by atoms with Gasteiger partial charge in [-0.1, -0.05) is 28.1 Å². The van der Waals surface area contributed by atoms with E-state index in [0.717, 1.165) is 23.9 Å². The van der Waals surface area contributed by atoms with Crippen molar-refractivity contribution in [3.63, 3.8) is 0 Å². The summed E-state index contributed by atoms with van der Waals surface area (Å²) in [7, 11) is 0. The van der Waals surface area contributed by atoms with Gasteiger partial charge in [-0.3, -0.25) is 9.59 Å². The number of rotatable bonds is 3. The van der Waals surface area contributed by atoms with Crippen LogP contribution in [0.1, 0.15) is 29.9 Å². The number of hydrogen-bond acceptors (Lipinski definition) is 4. The number of alkyl halides is 3. The Bertz CT molecular complexity index is 1240. The fourth-order valence-corrected chi connectivity index (χ4v) is 2.86. The highest BCUT2D eigenvalue weighted by Gasteiger charge is 2.40. The number of oxazole rings is 1. The van der Waals surface area contributed by atoms with Crippen LogP contribution in [0.5, 0.6) is 0 Å². The molecule has 3 rings (SSSR count). The molecule has 2 aromatic heterocycles. The van der Waals surface area contributed by atoms with Crippen molar-refractivity contribution in [1.82, 2.24) is 15.0 Å². The van der Waals surface area contributed by atoms with E-state index >= 15 is 0 Å². The zero-order chi connectivity index (χ0) is 20.5. The maximum atomic E-state index is 12.9. The summed E-state index contributed by atoms with van der Waals surface area (Å²) in [5.41, 5.74) is -0.811. The SMILES string of the molecule is CC(c1ocnc1/C=c1\[nH]c(=O)/c(=C/c2cccc(Br)c2)[nH]c1=O)C(F)(F)F. The van der Waals surface area contributed by atoms with Crippen molar-refractivity contribution in [1.29, 1.82) is 0 Å². The van der Waals surface area contributed by atoms with Gasteiger partial charge in [-0.2, -0.15) is 13.2 Å². The molecular formula is C18H13BrF3N3O3. The Kier molecular flexibility index (Phi) is 5.41. The van der Waals surface area contributed by atoms with E-state index in [4.69, 9.17) is 4.42 Å². The van der Waals surface area contributed by atoms with Crippen LogP contribution >= 0.6 is 15.9 Å². The van der Waals surface area contributed by atoms with E-state index < -0.39 is 29.0 Å². The van der Waals surface area contributed by atoms with Gasteiger partial charge in [-0.15, -0.1) is 0 Å². The van der Waals surface area contributed by atoms with Crippen molar-refractivity contribution in [3.05, 3.63) is 83.6 Å². The second kappa shape index (κ2) is 7.63. The average Bonchev–Trinajstić information content (AvgIpc) is 3.05. The van der Waals surface area contributed by atoms with E-state index in [0.29, 0.717) is 5.56 Å². The normalized spacial score (nSPS) is 14.5. The highest BCUT2D eigenvalue weighted by Crippen LogP contribution is 2.35. The van der Waals surface area contributed by atoms with Crippen LogP contribution in [-0.2, 0) is 0 Å². The zero-order valence-corrected chi connectivity index (χ0v) is 15.9. The third kappa shape index (κ3) is 4.33. The smallest absolute Gasteiger partial charge is 0.398 e. The molecule has 1 aromatic carbocycles. The molecule has 0 aliphatic heterocycles.